The van der Waals surface area contributed by atoms with Gasteiger partial charge in [0.25, 0.3) is 0 Å². The molecule has 1 aromatic carbocycles. The van der Waals surface area contributed by atoms with E-state index in [0.29, 0.717) is 11.5 Å². The highest BCUT2D eigenvalue weighted by molar-refractivity contribution is 7.88. The molecule has 3 N–H and O–H groups in total. The van der Waals surface area contributed by atoms with Crippen LogP contribution in [0.25, 0.3) is 0 Å². The van der Waals surface area contributed by atoms with Gasteiger partial charge in [0.2, 0.25) is 10.0 Å². The number of hydrogen-bond donors (Lipinski definition) is 2. The summed E-state index contributed by atoms with van der Waals surface area (Å²) in [7, 11) is -3.47. The van der Waals surface area contributed by atoms with E-state index < -0.39 is 15.6 Å². The Hall–Kier alpha value is -0.690. The summed E-state index contributed by atoms with van der Waals surface area (Å²) in [4.78, 5) is 0. The molecule has 0 radical (unpaired) electrons. The van der Waals surface area contributed by atoms with E-state index in [1.54, 1.807) is 0 Å². The molecule has 1 aliphatic carbocycles. The van der Waals surface area contributed by atoms with Gasteiger partial charge in [-0.05, 0) is 43.4 Å². The Morgan fingerprint density at radius 1 is 1.35 bits per heavy atom. The van der Waals surface area contributed by atoms with E-state index >= 15 is 0 Å². The van der Waals surface area contributed by atoms with Gasteiger partial charge in [0.05, 0.1) is 5.75 Å². The van der Waals surface area contributed by atoms with Gasteiger partial charge in [-0.15, -0.1) is 12.4 Å². The zero-order valence-electron chi connectivity index (χ0n) is 11.3. The summed E-state index contributed by atoms with van der Waals surface area (Å²) in [5, 5.41) is 0. The van der Waals surface area contributed by atoms with Gasteiger partial charge < -0.3 is 5.73 Å². The standard InChI is InChI=1S/C13H19FN2O2S.ClH/c1-13(9-15,11-4-5-11)16-19(17,18)8-10-2-6-12(14)7-3-10;/h2-3,6-7,11,16H,4-5,8-9,15H2,1H3;1H. The molecule has 1 unspecified atom stereocenters. The molecule has 0 heterocycles. The number of sulfonamides is 1. The maximum absolute atomic E-state index is 12.8. The van der Waals surface area contributed by atoms with Crippen LogP contribution >= 0.6 is 12.4 Å². The third-order valence-corrected chi connectivity index (χ3v) is 5.05. The second-order valence-corrected chi connectivity index (χ2v) is 7.11. The molecule has 0 amide bonds. The van der Waals surface area contributed by atoms with Crippen molar-refractivity contribution < 1.29 is 12.8 Å². The minimum atomic E-state index is -3.47. The fraction of sp³-hybridized carbons (Fsp3) is 0.538. The van der Waals surface area contributed by atoms with E-state index in [0.717, 1.165) is 12.8 Å². The number of benzene rings is 1. The molecule has 1 aliphatic rings. The summed E-state index contributed by atoms with van der Waals surface area (Å²) in [5.41, 5.74) is 5.68. The van der Waals surface area contributed by atoms with E-state index in [2.05, 4.69) is 4.72 Å². The Morgan fingerprint density at radius 3 is 2.35 bits per heavy atom. The normalized spacial score (nSPS) is 18.1. The smallest absolute Gasteiger partial charge is 0.216 e. The number of hydrogen-bond acceptors (Lipinski definition) is 3. The average Bonchev–Trinajstić information content (AvgIpc) is 3.15. The van der Waals surface area contributed by atoms with Crippen LogP contribution < -0.4 is 10.5 Å². The number of rotatable bonds is 6. The third kappa shape index (κ3) is 4.41. The highest BCUT2D eigenvalue weighted by atomic mass is 35.5. The van der Waals surface area contributed by atoms with Crippen LogP contribution in [-0.2, 0) is 15.8 Å². The summed E-state index contributed by atoms with van der Waals surface area (Å²) in [6.45, 7) is 2.12. The van der Waals surface area contributed by atoms with Crippen LogP contribution in [0.4, 0.5) is 4.39 Å². The van der Waals surface area contributed by atoms with E-state index in [1.807, 2.05) is 6.92 Å². The molecule has 20 heavy (non-hydrogen) atoms. The number of halogens is 2. The molecule has 4 nitrogen and oxygen atoms in total. The fourth-order valence-corrected chi connectivity index (χ4v) is 3.87. The number of nitrogens with two attached hydrogens (primary N) is 1. The second-order valence-electron chi connectivity index (χ2n) is 5.38. The zero-order valence-corrected chi connectivity index (χ0v) is 12.9. The maximum Gasteiger partial charge on any atom is 0.216 e. The quantitative estimate of drug-likeness (QED) is 0.838. The molecule has 2 rings (SSSR count). The van der Waals surface area contributed by atoms with Gasteiger partial charge in [-0.1, -0.05) is 12.1 Å². The predicted octanol–water partition coefficient (Wildman–Crippen LogP) is 1.79. The number of nitrogens with one attached hydrogen (secondary N) is 1. The van der Waals surface area contributed by atoms with Crippen molar-refractivity contribution >= 4 is 22.4 Å². The summed E-state index contributed by atoms with van der Waals surface area (Å²) in [6.07, 6.45) is 2.01. The summed E-state index contributed by atoms with van der Waals surface area (Å²) in [5.74, 6) is -0.213. The Kier molecular flexibility index (Phi) is 5.54. The lowest BCUT2D eigenvalue weighted by Gasteiger charge is -2.29. The molecule has 1 atom stereocenters. The van der Waals surface area contributed by atoms with Crippen LogP contribution in [0.5, 0.6) is 0 Å². The van der Waals surface area contributed by atoms with E-state index in [9.17, 15) is 12.8 Å². The Labute approximate surface area is 125 Å². The molecule has 0 spiro atoms. The fourth-order valence-electron chi connectivity index (χ4n) is 2.20. The first-order chi connectivity index (χ1) is 8.85. The SMILES string of the molecule is CC(CN)(NS(=O)(=O)Cc1ccc(F)cc1)C1CC1.Cl. The highest BCUT2D eigenvalue weighted by Crippen LogP contribution is 2.39. The van der Waals surface area contributed by atoms with Crippen molar-refractivity contribution in [3.05, 3.63) is 35.6 Å². The second kappa shape index (κ2) is 6.39. The summed E-state index contributed by atoms with van der Waals surface area (Å²) < 4.78 is 39.7. The first-order valence-corrected chi connectivity index (χ1v) is 7.96. The molecule has 0 saturated heterocycles. The van der Waals surface area contributed by atoms with Crippen molar-refractivity contribution in [3.8, 4) is 0 Å². The van der Waals surface area contributed by atoms with Crippen molar-refractivity contribution in [1.82, 2.24) is 4.72 Å². The Balaban J connectivity index is 0.00000200. The lowest BCUT2D eigenvalue weighted by Crippen LogP contribution is -2.53. The Bertz CT molecular complexity index is 546. The molecule has 1 fully saturated rings. The molecule has 1 aromatic rings. The van der Waals surface area contributed by atoms with Crippen LogP contribution in [0, 0.1) is 11.7 Å². The largest absolute Gasteiger partial charge is 0.329 e. The molecule has 114 valence electrons. The van der Waals surface area contributed by atoms with Crippen molar-refractivity contribution in [3.63, 3.8) is 0 Å². The molecule has 0 aliphatic heterocycles. The van der Waals surface area contributed by atoms with Gasteiger partial charge in [-0.25, -0.2) is 17.5 Å². The van der Waals surface area contributed by atoms with Crippen LogP contribution in [0.15, 0.2) is 24.3 Å². The third-order valence-electron chi connectivity index (χ3n) is 3.56. The molecule has 0 aromatic heterocycles. The van der Waals surface area contributed by atoms with Crippen molar-refractivity contribution in [2.75, 3.05) is 6.54 Å². The van der Waals surface area contributed by atoms with Crippen LogP contribution in [0.1, 0.15) is 25.3 Å². The van der Waals surface area contributed by atoms with Crippen LogP contribution in [0.2, 0.25) is 0 Å². The van der Waals surface area contributed by atoms with Crippen LogP contribution in [-0.4, -0.2) is 20.5 Å². The summed E-state index contributed by atoms with van der Waals surface area (Å²) in [6, 6.07) is 5.47. The monoisotopic (exact) mass is 322 g/mol. The highest BCUT2D eigenvalue weighted by Gasteiger charge is 2.42. The van der Waals surface area contributed by atoms with Crippen LogP contribution in [0.3, 0.4) is 0 Å². The summed E-state index contributed by atoms with van der Waals surface area (Å²) >= 11 is 0. The first kappa shape index (κ1) is 17.4. The van der Waals surface area contributed by atoms with E-state index in [4.69, 9.17) is 5.73 Å². The molecule has 7 heteroatoms. The topological polar surface area (TPSA) is 72.2 Å². The van der Waals surface area contributed by atoms with Crippen molar-refractivity contribution in [2.24, 2.45) is 11.7 Å². The average molecular weight is 323 g/mol. The van der Waals surface area contributed by atoms with Gasteiger partial charge in [0, 0.05) is 12.1 Å². The maximum atomic E-state index is 12.8. The minimum absolute atomic E-state index is 0. The minimum Gasteiger partial charge on any atom is -0.329 e. The van der Waals surface area contributed by atoms with Gasteiger partial charge in [-0.2, -0.15) is 0 Å². The van der Waals surface area contributed by atoms with Crippen molar-refractivity contribution in [2.45, 2.75) is 31.1 Å². The lowest BCUT2D eigenvalue weighted by molar-refractivity contribution is 0.374. The predicted molar refractivity (Wildman–Crippen MR) is 79.6 cm³/mol. The Morgan fingerprint density at radius 2 is 1.90 bits per heavy atom. The van der Waals surface area contributed by atoms with Crippen molar-refractivity contribution in [1.29, 1.82) is 0 Å². The lowest BCUT2D eigenvalue weighted by atomic mass is 9.98. The first-order valence-electron chi connectivity index (χ1n) is 6.31. The van der Waals surface area contributed by atoms with Gasteiger partial charge >= 0.3 is 0 Å². The van der Waals surface area contributed by atoms with Gasteiger partial charge in [0.1, 0.15) is 5.82 Å². The molecular formula is C13H20ClFN2O2S. The van der Waals surface area contributed by atoms with E-state index in [-0.39, 0.29) is 30.5 Å². The van der Waals surface area contributed by atoms with E-state index in [1.165, 1.54) is 24.3 Å². The molecule has 1 saturated carbocycles. The zero-order chi connectivity index (χ0) is 14.1. The molecular weight excluding hydrogens is 303 g/mol. The molecule has 0 bridgehead atoms. The van der Waals surface area contributed by atoms with Gasteiger partial charge in [-0.3, -0.25) is 0 Å². The van der Waals surface area contributed by atoms with Gasteiger partial charge in [0.15, 0.2) is 0 Å².